The van der Waals surface area contributed by atoms with Crippen LogP contribution in [0.25, 0.3) is 0 Å². The van der Waals surface area contributed by atoms with Gasteiger partial charge >= 0.3 is 5.97 Å². The van der Waals surface area contributed by atoms with Gasteiger partial charge in [-0.3, -0.25) is 4.79 Å². The lowest BCUT2D eigenvalue weighted by Crippen LogP contribution is -2.09. The molecule has 0 amide bonds. The van der Waals surface area contributed by atoms with E-state index < -0.39 is 0 Å². The summed E-state index contributed by atoms with van der Waals surface area (Å²) in [5.74, 6) is -0.375. The molecule has 0 saturated heterocycles. The second kappa shape index (κ2) is 4.96. The van der Waals surface area contributed by atoms with E-state index in [0.29, 0.717) is 18.0 Å². The number of ether oxygens (including phenoxy) is 1. The first-order chi connectivity index (χ1) is 7.15. The third-order valence-corrected chi connectivity index (χ3v) is 1.65. The van der Waals surface area contributed by atoms with E-state index in [-0.39, 0.29) is 18.1 Å². The van der Waals surface area contributed by atoms with E-state index >= 15 is 0 Å². The summed E-state index contributed by atoms with van der Waals surface area (Å²) in [6, 6.07) is 4.88. The first-order valence-corrected chi connectivity index (χ1v) is 4.48. The summed E-state index contributed by atoms with van der Waals surface area (Å²) < 4.78 is 4.76. The van der Waals surface area contributed by atoms with Gasteiger partial charge in [-0.2, -0.15) is 5.26 Å². The lowest BCUT2D eigenvalue weighted by atomic mass is 10.2. The van der Waals surface area contributed by atoms with E-state index in [1.165, 1.54) is 6.07 Å². The predicted molar refractivity (Wildman–Crippen MR) is 53.7 cm³/mol. The third kappa shape index (κ3) is 3.27. The first-order valence-electron chi connectivity index (χ1n) is 4.48. The van der Waals surface area contributed by atoms with Crippen LogP contribution in [0.3, 0.4) is 0 Å². The average molecular weight is 205 g/mol. The summed E-state index contributed by atoms with van der Waals surface area (Å²) in [5, 5.41) is 8.64. The molecule has 0 unspecified atom stereocenters. The molecule has 1 aromatic heterocycles. The van der Waals surface area contributed by atoms with Gasteiger partial charge < -0.3 is 10.5 Å². The van der Waals surface area contributed by atoms with Crippen molar-refractivity contribution in [3.63, 3.8) is 0 Å². The fraction of sp³-hybridized carbons (Fsp3) is 0.300. The van der Waals surface area contributed by atoms with Gasteiger partial charge in [-0.05, 0) is 19.1 Å². The highest BCUT2D eigenvalue weighted by atomic mass is 16.5. The van der Waals surface area contributed by atoms with Crippen LogP contribution in [0.1, 0.15) is 18.3 Å². The highest BCUT2D eigenvalue weighted by molar-refractivity contribution is 5.72. The number of aromatic nitrogens is 1. The van der Waals surface area contributed by atoms with Gasteiger partial charge in [0.2, 0.25) is 0 Å². The van der Waals surface area contributed by atoms with Crippen LogP contribution in [0.5, 0.6) is 0 Å². The number of hydrogen-bond acceptors (Lipinski definition) is 5. The number of carbonyl (C=O) groups is 1. The molecule has 5 nitrogen and oxygen atoms in total. The molecule has 1 rings (SSSR count). The Morgan fingerprint density at radius 1 is 1.67 bits per heavy atom. The molecule has 0 fully saturated rings. The van der Waals surface area contributed by atoms with E-state index in [9.17, 15) is 4.79 Å². The number of nitrogen functional groups attached to an aromatic ring is 1. The normalized spacial score (nSPS) is 9.33. The van der Waals surface area contributed by atoms with Gasteiger partial charge in [-0.15, -0.1) is 0 Å². The van der Waals surface area contributed by atoms with Gasteiger partial charge in [0.25, 0.3) is 0 Å². The van der Waals surface area contributed by atoms with Crippen molar-refractivity contribution in [1.82, 2.24) is 4.98 Å². The Labute approximate surface area is 87.5 Å². The van der Waals surface area contributed by atoms with Crippen molar-refractivity contribution in [2.75, 3.05) is 12.3 Å². The second-order valence-electron chi connectivity index (χ2n) is 2.87. The monoisotopic (exact) mass is 205 g/mol. The minimum absolute atomic E-state index is 0.0353. The maximum Gasteiger partial charge on any atom is 0.311 e. The SMILES string of the molecule is CCOC(=O)Cc1cc(N)cc(C#N)n1. The van der Waals surface area contributed by atoms with Crippen molar-refractivity contribution in [2.24, 2.45) is 0 Å². The highest BCUT2D eigenvalue weighted by Gasteiger charge is 2.07. The zero-order chi connectivity index (χ0) is 11.3. The quantitative estimate of drug-likeness (QED) is 0.731. The predicted octanol–water partition coefficient (Wildman–Crippen LogP) is 0.641. The summed E-state index contributed by atoms with van der Waals surface area (Å²) in [6.45, 7) is 2.05. The van der Waals surface area contributed by atoms with Crippen molar-refractivity contribution in [1.29, 1.82) is 5.26 Å². The summed E-state index contributed by atoms with van der Waals surface area (Å²) in [4.78, 5) is 15.1. The van der Waals surface area contributed by atoms with Crippen LogP contribution in [0, 0.1) is 11.3 Å². The molecule has 78 valence electrons. The van der Waals surface area contributed by atoms with Gasteiger partial charge in [0, 0.05) is 5.69 Å². The maximum atomic E-state index is 11.1. The fourth-order valence-corrected chi connectivity index (χ4v) is 1.12. The minimum Gasteiger partial charge on any atom is -0.466 e. The second-order valence-corrected chi connectivity index (χ2v) is 2.87. The smallest absolute Gasteiger partial charge is 0.311 e. The molecule has 0 aliphatic heterocycles. The molecule has 1 aromatic rings. The van der Waals surface area contributed by atoms with Gasteiger partial charge in [-0.1, -0.05) is 0 Å². The molecule has 0 aliphatic carbocycles. The maximum absolute atomic E-state index is 11.1. The molecule has 0 saturated carbocycles. The Hall–Kier alpha value is -2.09. The highest BCUT2D eigenvalue weighted by Crippen LogP contribution is 2.08. The number of anilines is 1. The van der Waals surface area contributed by atoms with E-state index in [1.807, 2.05) is 6.07 Å². The van der Waals surface area contributed by atoms with Crippen molar-refractivity contribution < 1.29 is 9.53 Å². The topological polar surface area (TPSA) is 89.0 Å². The molecule has 0 bridgehead atoms. The number of nitrogens with two attached hydrogens (primary N) is 1. The first kappa shape index (κ1) is 11.0. The van der Waals surface area contributed by atoms with E-state index in [1.54, 1.807) is 13.0 Å². The summed E-state index contributed by atoms with van der Waals surface area (Å²) >= 11 is 0. The average Bonchev–Trinajstić information content (AvgIpc) is 2.17. The third-order valence-electron chi connectivity index (χ3n) is 1.65. The Balaban J connectivity index is 2.82. The van der Waals surface area contributed by atoms with Crippen LogP contribution in [-0.2, 0) is 16.0 Å². The van der Waals surface area contributed by atoms with Crippen LogP contribution in [0.4, 0.5) is 5.69 Å². The summed E-state index contributed by atoms with van der Waals surface area (Å²) in [6.07, 6.45) is 0.0353. The molecule has 5 heteroatoms. The number of rotatable bonds is 3. The summed E-state index contributed by atoms with van der Waals surface area (Å²) in [5.41, 5.74) is 6.61. The number of nitriles is 1. The Kier molecular flexibility index (Phi) is 3.63. The van der Waals surface area contributed by atoms with Crippen LogP contribution in [0.15, 0.2) is 12.1 Å². The number of esters is 1. The zero-order valence-corrected chi connectivity index (χ0v) is 8.36. The molecule has 0 aromatic carbocycles. The molecule has 0 spiro atoms. The Bertz CT molecular complexity index is 410. The fourth-order valence-electron chi connectivity index (χ4n) is 1.12. The minimum atomic E-state index is -0.375. The van der Waals surface area contributed by atoms with Gasteiger partial charge in [-0.25, -0.2) is 4.98 Å². The van der Waals surface area contributed by atoms with Crippen LogP contribution in [0.2, 0.25) is 0 Å². The van der Waals surface area contributed by atoms with Crippen LogP contribution < -0.4 is 5.73 Å². The Morgan fingerprint density at radius 2 is 2.40 bits per heavy atom. The van der Waals surface area contributed by atoms with Crippen molar-refractivity contribution >= 4 is 11.7 Å². The Morgan fingerprint density at radius 3 is 3.00 bits per heavy atom. The lowest BCUT2D eigenvalue weighted by molar-refractivity contribution is -0.142. The van der Waals surface area contributed by atoms with E-state index in [2.05, 4.69) is 4.98 Å². The largest absolute Gasteiger partial charge is 0.466 e. The molecular weight excluding hydrogens is 194 g/mol. The number of nitrogens with zero attached hydrogens (tertiary/aromatic N) is 2. The zero-order valence-electron chi connectivity index (χ0n) is 8.36. The standard InChI is InChI=1S/C10H11N3O2/c1-2-15-10(14)5-8-3-7(12)4-9(6-11)13-8/h3-4H,2,5H2,1H3,(H2,12,13). The van der Waals surface area contributed by atoms with Crippen LogP contribution in [-0.4, -0.2) is 17.6 Å². The molecule has 1 heterocycles. The molecule has 0 atom stereocenters. The van der Waals surface area contributed by atoms with Crippen molar-refractivity contribution in [2.45, 2.75) is 13.3 Å². The molecule has 0 radical (unpaired) electrons. The summed E-state index contributed by atoms with van der Waals surface area (Å²) in [7, 11) is 0. The molecular formula is C10H11N3O2. The van der Waals surface area contributed by atoms with Crippen molar-refractivity contribution in [3.8, 4) is 6.07 Å². The molecule has 2 N–H and O–H groups in total. The van der Waals surface area contributed by atoms with Gasteiger partial charge in [0.15, 0.2) is 0 Å². The van der Waals surface area contributed by atoms with Crippen molar-refractivity contribution in [3.05, 3.63) is 23.5 Å². The molecule has 15 heavy (non-hydrogen) atoms. The molecule has 0 aliphatic rings. The number of hydrogen-bond donors (Lipinski definition) is 1. The lowest BCUT2D eigenvalue weighted by Gasteiger charge is -2.02. The van der Waals surface area contributed by atoms with E-state index in [4.69, 9.17) is 15.7 Å². The van der Waals surface area contributed by atoms with Gasteiger partial charge in [0.05, 0.1) is 18.7 Å². The number of pyridine rings is 1. The van der Waals surface area contributed by atoms with Gasteiger partial charge in [0.1, 0.15) is 11.8 Å². The van der Waals surface area contributed by atoms with E-state index in [0.717, 1.165) is 0 Å². The number of carbonyl (C=O) groups excluding carboxylic acids is 1. The van der Waals surface area contributed by atoms with Crippen LogP contribution >= 0.6 is 0 Å².